The number of anilines is 2. The molecule has 0 aliphatic carbocycles. The van der Waals surface area contributed by atoms with Crippen LogP contribution in [0.4, 0.5) is 11.5 Å². The zero-order chi connectivity index (χ0) is 48.5. The van der Waals surface area contributed by atoms with Crippen LogP contribution in [0.3, 0.4) is 0 Å². The largest absolute Gasteiger partial charge is 0.457 e. The Kier molecular flexibility index (Phi) is 13.2. The summed E-state index contributed by atoms with van der Waals surface area (Å²) in [5.41, 5.74) is 11.5. The standard InChI is InChI=1S/C53H58N10O7/c1-58(32-34-7-9-35(10-8-34)33-59-27-29-60(30-28-59)38-13-16-41-42(31-38)53(69)62(52(41)68)44-17-18-45(64)56-51(44)67)24-22-46(65)61-25-20-36(21-26-61)43-19-23-55-50-47(49(54)66)48(57-63(43)50)37-11-14-40(15-12-37)70-39-5-3-2-4-6-39/h2-16,31,36,43-44,55H,17-30,32-33H2,1H3,(H2,54,66)(H,56,64,67)/t43-,44?/m0/s1. The maximum absolute atomic E-state index is 13.5. The number of aromatic nitrogens is 2. The molecule has 0 spiro atoms. The van der Waals surface area contributed by atoms with Gasteiger partial charge in [0.1, 0.15) is 34.6 Å². The number of carbonyl (C=O) groups is 6. The van der Waals surface area contributed by atoms with Gasteiger partial charge in [-0.25, -0.2) is 4.68 Å². The lowest BCUT2D eigenvalue weighted by molar-refractivity contribution is -0.136. The van der Waals surface area contributed by atoms with Gasteiger partial charge in [-0.05, 0) is 104 Å². The van der Waals surface area contributed by atoms with Crippen LogP contribution in [0.15, 0.2) is 97.1 Å². The average molecular weight is 947 g/mol. The zero-order valence-corrected chi connectivity index (χ0v) is 39.3. The van der Waals surface area contributed by atoms with Crippen molar-refractivity contribution >= 4 is 46.9 Å². The van der Waals surface area contributed by atoms with E-state index in [4.69, 9.17) is 15.6 Å². The van der Waals surface area contributed by atoms with Crippen molar-refractivity contribution in [3.05, 3.63) is 125 Å². The summed E-state index contributed by atoms with van der Waals surface area (Å²) < 4.78 is 7.94. The number of nitrogens with one attached hydrogen (secondary N) is 2. The minimum atomic E-state index is -0.985. The molecule has 2 atom stereocenters. The van der Waals surface area contributed by atoms with Crippen molar-refractivity contribution in [2.45, 2.75) is 63.7 Å². The third kappa shape index (κ3) is 9.63. The van der Waals surface area contributed by atoms with Crippen LogP contribution >= 0.6 is 0 Å². The van der Waals surface area contributed by atoms with Gasteiger partial charge < -0.3 is 30.5 Å². The van der Waals surface area contributed by atoms with Gasteiger partial charge in [0.05, 0.1) is 17.2 Å². The summed E-state index contributed by atoms with van der Waals surface area (Å²) in [6.45, 7) is 7.44. The molecule has 4 N–H and O–H groups in total. The molecule has 362 valence electrons. The van der Waals surface area contributed by atoms with Crippen LogP contribution in [-0.4, -0.2) is 130 Å². The first kappa shape index (κ1) is 46.4. The molecule has 3 fully saturated rings. The van der Waals surface area contributed by atoms with Crippen LogP contribution in [0.2, 0.25) is 0 Å². The summed E-state index contributed by atoms with van der Waals surface area (Å²) in [6, 6.07) is 30.2. The van der Waals surface area contributed by atoms with E-state index < -0.39 is 35.6 Å². The van der Waals surface area contributed by atoms with E-state index in [1.165, 1.54) is 11.1 Å². The van der Waals surface area contributed by atoms with Gasteiger partial charge in [0.2, 0.25) is 17.7 Å². The second-order valence-corrected chi connectivity index (χ2v) is 19.1. The molecule has 5 aliphatic heterocycles. The van der Waals surface area contributed by atoms with Crippen molar-refractivity contribution in [3.63, 3.8) is 0 Å². The topological polar surface area (TPSA) is 196 Å². The second kappa shape index (κ2) is 19.9. The Bertz CT molecular complexity index is 2800. The number of nitrogens with two attached hydrogens (primary N) is 1. The van der Waals surface area contributed by atoms with Crippen molar-refractivity contribution in [1.82, 2.24) is 34.7 Å². The van der Waals surface area contributed by atoms with E-state index in [9.17, 15) is 28.8 Å². The van der Waals surface area contributed by atoms with Crippen LogP contribution in [0.25, 0.3) is 11.3 Å². The van der Waals surface area contributed by atoms with E-state index in [-0.39, 0.29) is 30.4 Å². The summed E-state index contributed by atoms with van der Waals surface area (Å²) in [5.74, 6) is 0.00451. The van der Waals surface area contributed by atoms with Crippen molar-refractivity contribution < 1.29 is 33.5 Å². The Morgan fingerprint density at radius 2 is 1.49 bits per heavy atom. The molecule has 0 radical (unpaired) electrons. The SMILES string of the molecule is CN(CCC(=O)N1CCC([C@@H]2CCNc3c(C(N)=O)c(-c4ccc(Oc5ccccc5)cc4)nn32)CC1)Cc1ccc(CN2CCN(c3ccc4c(c3)C(=O)N(C3CCC(=O)NC3=O)C4=O)CC2)cc1. The van der Waals surface area contributed by atoms with E-state index >= 15 is 0 Å². The lowest BCUT2D eigenvalue weighted by Crippen LogP contribution is -2.54. The third-order valence-corrected chi connectivity index (χ3v) is 14.5. The summed E-state index contributed by atoms with van der Waals surface area (Å²) in [7, 11) is 2.05. The predicted molar refractivity (Wildman–Crippen MR) is 262 cm³/mol. The summed E-state index contributed by atoms with van der Waals surface area (Å²) in [4.78, 5) is 86.8. The minimum absolute atomic E-state index is 0.0814. The van der Waals surface area contributed by atoms with Crippen molar-refractivity contribution in [1.29, 1.82) is 0 Å². The molecule has 6 amide bonds. The van der Waals surface area contributed by atoms with Crippen LogP contribution in [0, 0.1) is 5.92 Å². The van der Waals surface area contributed by atoms with Crippen molar-refractivity contribution in [2.75, 3.05) is 69.6 Å². The molecule has 0 bridgehead atoms. The Hall–Kier alpha value is -7.37. The number of hydrogen-bond acceptors (Lipinski definition) is 12. The Balaban J connectivity index is 0.664. The van der Waals surface area contributed by atoms with Crippen molar-refractivity contribution in [3.8, 4) is 22.8 Å². The summed E-state index contributed by atoms with van der Waals surface area (Å²) >= 11 is 0. The number of benzene rings is 4. The number of fused-ring (bicyclic) bond motifs is 2. The lowest BCUT2D eigenvalue weighted by atomic mass is 9.86. The van der Waals surface area contributed by atoms with Crippen LogP contribution in [-0.2, 0) is 27.5 Å². The summed E-state index contributed by atoms with van der Waals surface area (Å²) in [5, 5.41) is 10.7. The molecule has 17 heteroatoms. The highest BCUT2D eigenvalue weighted by molar-refractivity contribution is 6.23. The minimum Gasteiger partial charge on any atom is -0.457 e. The van der Waals surface area contributed by atoms with E-state index in [1.54, 1.807) is 12.1 Å². The van der Waals surface area contributed by atoms with Gasteiger partial charge in [-0.15, -0.1) is 0 Å². The summed E-state index contributed by atoms with van der Waals surface area (Å²) in [6.07, 6.45) is 3.23. The molecule has 5 aromatic rings. The average Bonchev–Trinajstić information content (AvgIpc) is 3.89. The fourth-order valence-corrected chi connectivity index (χ4v) is 10.7. The molecule has 1 unspecified atom stereocenters. The number of rotatable bonds is 14. The molecule has 0 saturated carbocycles. The van der Waals surface area contributed by atoms with Crippen LogP contribution in [0.1, 0.15) is 86.8 Å². The number of piperidine rings is 2. The number of amides is 6. The van der Waals surface area contributed by atoms with E-state index in [0.717, 1.165) is 80.4 Å². The number of nitrogens with zero attached hydrogens (tertiary/aromatic N) is 7. The number of hydrogen-bond donors (Lipinski definition) is 3. The first-order valence-electron chi connectivity index (χ1n) is 24.3. The molecule has 17 nitrogen and oxygen atoms in total. The zero-order valence-electron chi connectivity index (χ0n) is 39.3. The fourth-order valence-electron chi connectivity index (χ4n) is 10.7. The molecule has 4 aromatic carbocycles. The number of imide groups is 2. The van der Waals surface area contributed by atoms with Crippen LogP contribution < -0.4 is 26.0 Å². The van der Waals surface area contributed by atoms with E-state index in [0.29, 0.717) is 66.9 Å². The normalized spacial score (nSPS) is 19.8. The second-order valence-electron chi connectivity index (χ2n) is 19.1. The predicted octanol–water partition coefficient (Wildman–Crippen LogP) is 5.28. The Labute approximate surface area is 406 Å². The Morgan fingerprint density at radius 1 is 0.786 bits per heavy atom. The number of ether oxygens (including phenoxy) is 1. The fraction of sp³-hybridized carbons (Fsp3) is 0.377. The number of primary amides is 1. The van der Waals surface area contributed by atoms with Gasteiger partial charge >= 0.3 is 0 Å². The number of piperazine rings is 1. The Morgan fingerprint density at radius 3 is 2.20 bits per heavy atom. The molecular formula is C53H58N10O7. The molecule has 1 aromatic heterocycles. The van der Waals surface area contributed by atoms with Gasteiger partial charge in [0.15, 0.2) is 0 Å². The van der Waals surface area contributed by atoms with Gasteiger partial charge in [0, 0.05) is 89.5 Å². The van der Waals surface area contributed by atoms with Crippen molar-refractivity contribution in [2.24, 2.45) is 11.7 Å². The smallest absolute Gasteiger partial charge is 0.262 e. The highest BCUT2D eigenvalue weighted by atomic mass is 16.5. The van der Waals surface area contributed by atoms with E-state index in [1.807, 2.05) is 70.2 Å². The first-order chi connectivity index (χ1) is 34.0. The highest BCUT2D eigenvalue weighted by Crippen LogP contribution is 2.40. The van der Waals surface area contributed by atoms with Crippen LogP contribution in [0.5, 0.6) is 11.5 Å². The van der Waals surface area contributed by atoms with Gasteiger partial charge in [-0.2, -0.15) is 5.10 Å². The van der Waals surface area contributed by atoms with Gasteiger partial charge in [0.25, 0.3) is 17.7 Å². The maximum atomic E-state index is 13.5. The number of likely N-dealkylation sites (tertiary alicyclic amines) is 1. The number of carbonyl (C=O) groups excluding carboxylic acids is 6. The molecule has 3 saturated heterocycles. The number of para-hydroxylation sites is 1. The molecular weight excluding hydrogens is 889 g/mol. The lowest BCUT2D eigenvalue weighted by Gasteiger charge is -2.38. The highest BCUT2D eigenvalue weighted by Gasteiger charge is 2.45. The quantitative estimate of drug-likeness (QED) is 0.122. The molecule has 6 heterocycles. The first-order valence-corrected chi connectivity index (χ1v) is 24.3. The molecule has 5 aliphatic rings. The van der Waals surface area contributed by atoms with E-state index in [2.05, 4.69) is 56.6 Å². The maximum Gasteiger partial charge on any atom is 0.262 e. The van der Waals surface area contributed by atoms with Gasteiger partial charge in [-0.3, -0.25) is 43.9 Å². The third-order valence-electron chi connectivity index (χ3n) is 14.5. The molecule has 10 rings (SSSR count). The van der Waals surface area contributed by atoms with Gasteiger partial charge in [-0.1, -0.05) is 42.5 Å². The molecule has 70 heavy (non-hydrogen) atoms. The monoisotopic (exact) mass is 946 g/mol.